The average molecular weight is 320 g/mol. The Hall–Kier alpha value is -0.320. The number of anilines is 1. The van der Waals surface area contributed by atoms with Gasteiger partial charge in [-0.3, -0.25) is 0 Å². The van der Waals surface area contributed by atoms with E-state index in [4.69, 9.17) is 11.6 Å². The van der Waals surface area contributed by atoms with E-state index in [0.29, 0.717) is 10.9 Å². The lowest BCUT2D eigenvalue weighted by Gasteiger charge is -2.26. The molecule has 17 heavy (non-hydrogen) atoms. The van der Waals surface area contributed by atoms with Crippen molar-refractivity contribution in [1.29, 1.82) is 0 Å². The van der Waals surface area contributed by atoms with Gasteiger partial charge in [-0.15, -0.1) is 0 Å². The number of nitrogens with one attached hydrogen (secondary N) is 1. The van der Waals surface area contributed by atoms with Crippen molar-refractivity contribution in [2.24, 2.45) is 5.92 Å². The third kappa shape index (κ3) is 3.83. The Morgan fingerprint density at radius 2 is 2.35 bits per heavy atom. The van der Waals surface area contributed by atoms with Crippen molar-refractivity contribution in [3.8, 4) is 0 Å². The molecule has 1 fully saturated rings. The molecule has 0 radical (unpaired) electrons. The van der Waals surface area contributed by atoms with Gasteiger partial charge in [-0.05, 0) is 47.2 Å². The molecule has 0 aromatic carbocycles. The molecule has 1 aliphatic carbocycles. The van der Waals surface area contributed by atoms with Crippen LogP contribution in [-0.4, -0.2) is 22.7 Å². The molecular formula is C12H16BrClN2O. The van der Waals surface area contributed by atoms with Crippen molar-refractivity contribution < 1.29 is 5.11 Å². The summed E-state index contributed by atoms with van der Waals surface area (Å²) in [6, 6.07) is 1.83. The average Bonchev–Trinajstić information content (AvgIpc) is 2.28. The second-order valence-electron chi connectivity index (χ2n) is 4.55. The number of halogens is 2. The molecule has 1 aromatic rings. The van der Waals surface area contributed by atoms with Gasteiger partial charge in [0.05, 0.1) is 11.1 Å². The Labute approximate surface area is 115 Å². The number of aliphatic hydroxyl groups is 1. The predicted octanol–water partition coefficient (Wildman–Crippen LogP) is 3.46. The molecule has 5 heteroatoms. The summed E-state index contributed by atoms with van der Waals surface area (Å²) in [5.74, 6) is 1.23. The van der Waals surface area contributed by atoms with Gasteiger partial charge >= 0.3 is 0 Å². The first-order chi connectivity index (χ1) is 8.15. The summed E-state index contributed by atoms with van der Waals surface area (Å²) >= 11 is 9.40. The SMILES string of the molecule is OC1CCCC(CNc2ncc(Br)cc2Cl)C1. The molecular weight excluding hydrogens is 304 g/mol. The van der Waals surface area contributed by atoms with Crippen molar-refractivity contribution in [1.82, 2.24) is 4.98 Å². The summed E-state index contributed by atoms with van der Waals surface area (Å²) in [4.78, 5) is 4.23. The van der Waals surface area contributed by atoms with Crippen molar-refractivity contribution in [3.63, 3.8) is 0 Å². The fraction of sp³-hybridized carbons (Fsp3) is 0.583. The van der Waals surface area contributed by atoms with Crippen LogP contribution < -0.4 is 5.32 Å². The van der Waals surface area contributed by atoms with E-state index in [2.05, 4.69) is 26.2 Å². The van der Waals surface area contributed by atoms with E-state index in [9.17, 15) is 5.11 Å². The number of rotatable bonds is 3. The Kier molecular flexibility index (Phi) is 4.65. The van der Waals surface area contributed by atoms with Gasteiger partial charge in [0.2, 0.25) is 0 Å². The molecule has 94 valence electrons. The quantitative estimate of drug-likeness (QED) is 0.897. The Balaban J connectivity index is 1.88. The third-order valence-electron chi connectivity index (χ3n) is 3.12. The lowest BCUT2D eigenvalue weighted by molar-refractivity contribution is 0.104. The summed E-state index contributed by atoms with van der Waals surface area (Å²) < 4.78 is 0.876. The molecule has 0 bridgehead atoms. The van der Waals surface area contributed by atoms with Crippen LogP contribution in [0, 0.1) is 5.92 Å². The van der Waals surface area contributed by atoms with Crippen LogP contribution in [0.2, 0.25) is 5.02 Å². The molecule has 1 heterocycles. The van der Waals surface area contributed by atoms with Crippen LogP contribution >= 0.6 is 27.5 Å². The van der Waals surface area contributed by atoms with Crippen LogP contribution in [-0.2, 0) is 0 Å². The second-order valence-corrected chi connectivity index (χ2v) is 5.87. The summed E-state index contributed by atoms with van der Waals surface area (Å²) in [5, 5.41) is 13.5. The third-order valence-corrected chi connectivity index (χ3v) is 3.84. The van der Waals surface area contributed by atoms with Crippen LogP contribution in [0.15, 0.2) is 16.7 Å². The minimum absolute atomic E-state index is 0.135. The smallest absolute Gasteiger partial charge is 0.144 e. The second kappa shape index (κ2) is 6.03. The van der Waals surface area contributed by atoms with Crippen molar-refractivity contribution in [2.45, 2.75) is 31.8 Å². The zero-order valence-corrected chi connectivity index (χ0v) is 11.8. The van der Waals surface area contributed by atoms with Crippen molar-refractivity contribution in [2.75, 3.05) is 11.9 Å². The van der Waals surface area contributed by atoms with Gasteiger partial charge < -0.3 is 10.4 Å². The van der Waals surface area contributed by atoms with Crippen LogP contribution in [0.4, 0.5) is 5.82 Å². The molecule has 2 N–H and O–H groups in total. The molecule has 1 aliphatic rings. The number of pyridine rings is 1. The zero-order chi connectivity index (χ0) is 12.3. The number of hydrogen-bond donors (Lipinski definition) is 2. The first kappa shape index (κ1) is 13.1. The Bertz CT molecular complexity index is 389. The lowest BCUT2D eigenvalue weighted by atomic mass is 9.87. The normalized spacial score (nSPS) is 24.6. The first-order valence-corrected chi connectivity index (χ1v) is 7.05. The number of aliphatic hydroxyl groups excluding tert-OH is 1. The number of aromatic nitrogens is 1. The maximum atomic E-state index is 9.59. The van der Waals surface area contributed by atoms with E-state index in [1.807, 2.05) is 6.07 Å². The minimum Gasteiger partial charge on any atom is -0.393 e. The highest BCUT2D eigenvalue weighted by atomic mass is 79.9. The summed E-state index contributed by atoms with van der Waals surface area (Å²) in [7, 11) is 0. The monoisotopic (exact) mass is 318 g/mol. The van der Waals surface area contributed by atoms with Gasteiger partial charge in [0.25, 0.3) is 0 Å². The van der Waals surface area contributed by atoms with Gasteiger partial charge in [-0.1, -0.05) is 18.0 Å². The molecule has 2 rings (SSSR count). The standard InChI is InChI=1S/C12H16BrClN2O/c13-9-5-11(14)12(16-7-9)15-6-8-2-1-3-10(17)4-8/h5,7-8,10,17H,1-4,6H2,(H,15,16). The van der Waals surface area contributed by atoms with E-state index in [-0.39, 0.29) is 6.10 Å². The van der Waals surface area contributed by atoms with Crippen molar-refractivity contribution in [3.05, 3.63) is 21.8 Å². The van der Waals surface area contributed by atoms with E-state index < -0.39 is 0 Å². The number of hydrogen-bond acceptors (Lipinski definition) is 3. The fourth-order valence-electron chi connectivity index (χ4n) is 2.23. The maximum Gasteiger partial charge on any atom is 0.144 e. The minimum atomic E-state index is -0.135. The van der Waals surface area contributed by atoms with Gasteiger partial charge in [-0.25, -0.2) is 4.98 Å². The highest BCUT2D eigenvalue weighted by Crippen LogP contribution is 2.26. The lowest BCUT2D eigenvalue weighted by Crippen LogP contribution is -2.25. The van der Waals surface area contributed by atoms with Crippen LogP contribution in [0.1, 0.15) is 25.7 Å². The van der Waals surface area contributed by atoms with E-state index in [1.54, 1.807) is 6.20 Å². The predicted molar refractivity (Wildman–Crippen MR) is 73.4 cm³/mol. The molecule has 2 atom stereocenters. The molecule has 0 spiro atoms. The molecule has 1 aromatic heterocycles. The number of nitrogens with zero attached hydrogens (tertiary/aromatic N) is 1. The van der Waals surface area contributed by atoms with Gasteiger partial charge in [-0.2, -0.15) is 0 Å². The fourth-order valence-corrected chi connectivity index (χ4v) is 2.93. The first-order valence-electron chi connectivity index (χ1n) is 5.88. The molecule has 2 unspecified atom stereocenters. The summed E-state index contributed by atoms with van der Waals surface area (Å²) in [6.45, 7) is 0.825. The highest BCUT2D eigenvalue weighted by Gasteiger charge is 2.20. The highest BCUT2D eigenvalue weighted by molar-refractivity contribution is 9.10. The van der Waals surface area contributed by atoms with E-state index in [1.165, 1.54) is 0 Å². The molecule has 3 nitrogen and oxygen atoms in total. The summed E-state index contributed by atoms with van der Waals surface area (Å²) in [6.07, 6.45) is 5.68. The molecule has 0 amide bonds. The van der Waals surface area contributed by atoms with Crippen molar-refractivity contribution >= 4 is 33.3 Å². The maximum absolute atomic E-state index is 9.59. The topological polar surface area (TPSA) is 45.1 Å². The summed E-state index contributed by atoms with van der Waals surface area (Å²) in [5.41, 5.74) is 0. The molecule has 1 saturated carbocycles. The Morgan fingerprint density at radius 1 is 1.53 bits per heavy atom. The van der Waals surface area contributed by atoms with Gasteiger partial charge in [0.15, 0.2) is 0 Å². The van der Waals surface area contributed by atoms with Gasteiger partial charge in [0.1, 0.15) is 5.82 Å². The molecule has 0 saturated heterocycles. The zero-order valence-electron chi connectivity index (χ0n) is 9.50. The van der Waals surface area contributed by atoms with Crippen LogP contribution in [0.5, 0.6) is 0 Å². The van der Waals surface area contributed by atoms with E-state index >= 15 is 0 Å². The van der Waals surface area contributed by atoms with Crippen LogP contribution in [0.25, 0.3) is 0 Å². The van der Waals surface area contributed by atoms with Crippen LogP contribution in [0.3, 0.4) is 0 Å². The van der Waals surface area contributed by atoms with Gasteiger partial charge in [0, 0.05) is 17.2 Å². The Morgan fingerprint density at radius 3 is 3.06 bits per heavy atom. The van der Waals surface area contributed by atoms with E-state index in [0.717, 1.165) is 42.5 Å². The molecule has 0 aliphatic heterocycles. The largest absolute Gasteiger partial charge is 0.393 e.